The second-order valence-corrected chi connectivity index (χ2v) is 6.73. The number of urea groups is 1. The predicted octanol–water partition coefficient (Wildman–Crippen LogP) is 1.35. The number of hydrogen-bond donors (Lipinski definition) is 1. The van der Waals surface area contributed by atoms with Crippen molar-refractivity contribution >= 4 is 11.9 Å². The highest BCUT2D eigenvalue weighted by molar-refractivity contribution is 5.76. The van der Waals surface area contributed by atoms with Crippen molar-refractivity contribution in [3.05, 3.63) is 0 Å². The van der Waals surface area contributed by atoms with Crippen molar-refractivity contribution in [3.63, 3.8) is 0 Å². The van der Waals surface area contributed by atoms with Gasteiger partial charge in [0.1, 0.15) is 0 Å². The molecule has 1 atom stereocenters. The van der Waals surface area contributed by atoms with Crippen molar-refractivity contribution in [2.45, 2.75) is 63.6 Å². The molecule has 6 heteroatoms. The van der Waals surface area contributed by atoms with Crippen LogP contribution >= 0.6 is 0 Å². The summed E-state index contributed by atoms with van der Waals surface area (Å²) in [5.74, 6) is 0.138. The number of ether oxygens (including phenoxy) is 1. The SMILES string of the molecule is CC(=O)N(C[C@H]1CCCN1C(=O)NC1CCOCC1)C1CC1. The summed E-state index contributed by atoms with van der Waals surface area (Å²) in [4.78, 5) is 28.2. The summed E-state index contributed by atoms with van der Waals surface area (Å²) in [6.07, 6.45) is 6.04. The number of nitrogens with zero attached hydrogens (tertiary/aromatic N) is 2. The minimum Gasteiger partial charge on any atom is -0.381 e. The maximum absolute atomic E-state index is 12.5. The standard InChI is InChI=1S/C16H27N3O3/c1-12(20)19(14-4-5-14)11-15-3-2-8-18(15)16(21)17-13-6-9-22-10-7-13/h13-15H,2-11H2,1H3,(H,17,21)/t15-/m1/s1. The lowest BCUT2D eigenvalue weighted by atomic mass is 10.1. The molecule has 2 saturated heterocycles. The second kappa shape index (κ2) is 6.86. The van der Waals surface area contributed by atoms with Gasteiger partial charge in [-0.15, -0.1) is 0 Å². The van der Waals surface area contributed by atoms with Gasteiger partial charge in [-0.3, -0.25) is 4.79 Å². The van der Waals surface area contributed by atoms with Gasteiger partial charge in [0.25, 0.3) is 0 Å². The number of rotatable bonds is 4. The van der Waals surface area contributed by atoms with Crippen LogP contribution in [-0.4, -0.2) is 66.2 Å². The van der Waals surface area contributed by atoms with Crippen molar-refractivity contribution < 1.29 is 14.3 Å². The average molecular weight is 309 g/mol. The van der Waals surface area contributed by atoms with E-state index in [0.29, 0.717) is 12.6 Å². The first-order valence-electron chi connectivity index (χ1n) is 8.57. The molecule has 3 rings (SSSR count). The summed E-state index contributed by atoms with van der Waals surface area (Å²) >= 11 is 0. The highest BCUT2D eigenvalue weighted by Gasteiger charge is 2.37. The van der Waals surface area contributed by atoms with E-state index in [1.165, 1.54) is 0 Å². The van der Waals surface area contributed by atoms with E-state index in [-0.39, 0.29) is 24.0 Å². The van der Waals surface area contributed by atoms with Gasteiger partial charge < -0.3 is 19.9 Å². The smallest absolute Gasteiger partial charge is 0.317 e. The first-order valence-corrected chi connectivity index (χ1v) is 8.57. The lowest BCUT2D eigenvalue weighted by Crippen LogP contribution is -2.51. The summed E-state index contributed by atoms with van der Waals surface area (Å²) in [5, 5.41) is 3.14. The fourth-order valence-corrected chi connectivity index (χ4v) is 3.54. The van der Waals surface area contributed by atoms with Gasteiger partial charge in [0, 0.05) is 45.3 Å². The predicted molar refractivity (Wildman–Crippen MR) is 82.5 cm³/mol. The fourth-order valence-electron chi connectivity index (χ4n) is 3.54. The highest BCUT2D eigenvalue weighted by Crippen LogP contribution is 2.29. The molecule has 0 spiro atoms. The number of carbonyl (C=O) groups is 2. The normalized spacial score (nSPS) is 26.0. The Morgan fingerprint density at radius 2 is 1.91 bits per heavy atom. The van der Waals surface area contributed by atoms with Crippen LogP contribution in [0.5, 0.6) is 0 Å². The van der Waals surface area contributed by atoms with Crippen LogP contribution in [0, 0.1) is 0 Å². The van der Waals surface area contributed by atoms with Gasteiger partial charge in [0.2, 0.25) is 5.91 Å². The molecule has 0 aromatic rings. The number of hydrogen-bond acceptors (Lipinski definition) is 3. The molecule has 0 radical (unpaired) electrons. The summed E-state index contributed by atoms with van der Waals surface area (Å²) in [5.41, 5.74) is 0. The minimum atomic E-state index is 0.0358. The Morgan fingerprint density at radius 1 is 1.18 bits per heavy atom. The van der Waals surface area contributed by atoms with Gasteiger partial charge in [0.05, 0.1) is 6.04 Å². The van der Waals surface area contributed by atoms with Gasteiger partial charge in [-0.25, -0.2) is 4.79 Å². The molecule has 2 aliphatic heterocycles. The Morgan fingerprint density at radius 3 is 2.55 bits per heavy atom. The van der Waals surface area contributed by atoms with Crippen molar-refractivity contribution in [1.82, 2.24) is 15.1 Å². The second-order valence-electron chi connectivity index (χ2n) is 6.73. The van der Waals surface area contributed by atoms with Crippen LogP contribution < -0.4 is 5.32 Å². The first-order chi connectivity index (χ1) is 10.6. The van der Waals surface area contributed by atoms with Crippen LogP contribution in [0.15, 0.2) is 0 Å². The third kappa shape index (κ3) is 3.72. The van der Waals surface area contributed by atoms with Gasteiger partial charge in [-0.2, -0.15) is 0 Å². The molecular weight excluding hydrogens is 282 g/mol. The molecule has 0 bridgehead atoms. The monoisotopic (exact) mass is 309 g/mol. The fraction of sp³-hybridized carbons (Fsp3) is 0.875. The molecule has 0 aromatic carbocycles. The molecule has 6 nitrogen and oxygen atoms in total. The van der Waals surface area contributed by atoms with E-state index in [1.807, 2.05) is 9.80 Å². The Bertz CT molecular complexity index is 419. The highest BCUT2D eigenvalue weighted by atomic mass is 16.5. The van der Waals surface area contributed by atoms with Crippen LogP contribution in [0.3, 0.4) is 0 Å². The zero-order valence-electron chi connectivity index (χ0n) is 13.4. The van der Waals surface area contributed by atoms with E-state index in [1.54, 1.807) is 6.92 Å². The largest absolute Gasteiger partial charge is 0.381 e. The van der Waals surface area contributed by atoms with E-state index >= 15 is 0 Å². The molecule has 0 unspecified atom stereocenters. The molecule has 1 aliphatic carbocycles. The Balaban J connectivity index is 1.54. The summed E-state index contributed by atoms with van der Waals surface area (Å²) in [7, 11) is 0. The molecule has 124 valence electrons. The van der Waals surface area contributed by atoms with Crippen LogP contribution in [0.4, 0.5) is 4.79 Å². The zero-order chi connectivity index (χ0) is 15.5. The molecular formula is C16H27N3O3. The number of carbonyl (C=O) groups excluding carboxylic acids is 2. The summed E-state index contributed by atoms with van der Waals surface area (Å²) in [6, 6.07) is 0.853. The maximum atomic E-state index is 12.5. The lowest BCUT2D eigenvalue weighted by Gasteiger charge is -2.32. The topological polar surface area (TPSA) is 61.9 Å². The Labute approximate surface area is 132 Å². The van der Waals surface area contributed by atoms with E-state index in [2.05, 4.69) is 5.32 Å². The lowest BCUT2D eigenvalue weighted by molar-refractivity contribution is -0.130. The molecule has 3 fully saturated rings. The Hall–Kier alpha value is -1.30. The molecule has 3 amide bonds. The van der Waals surface area contributed by atoms with E-state index in [0.717, 1.165) is 58.3 Å². The molecule has 3 aliphatic rings. The van der Waals surface area contributed by atoms with Crippen LogP contribution in [0.25, 0.3) is 0 Å². The Kier molecular flexibility index (Phi) is 4.86. The van der Waals surface area contributed by atoms with Gasteiger partial charge >= 0.3 is 6.03 Å². The van der Waals surface area contributed by atoms with Gasteiger partial charge in [-0.1, -0.05) is 0 Å². The van der Waals surface area contributed by atoms with Gasteiger partial charge in [0.15, 0.2) is 0 Å². The van der Waals surface area contributed by atoms with Crippen molar-refractivity contribution in [1.29, 1.82) is 0 Å². The zero-order valence-corrected chi connectivity index (χ0v) is 13.4. The van der Waals surface area contributed by atoms with Crippen LogP contribution in [0.1, 0.15) is 45.4 Å². The van der Waals surface area contributed by atoms with Crippen molar-refractivity contribution in [2.24, 2.45) is 0 Å². The van der Waals surface area contributed by atoms with E-state index < -0.39 is 0 Å². The molecule has 1 saturated carbocycles. The number of likely N-dealkylation sites (tertiary alicyclic amines) is 1. The molecule has 1 N–H and O–H groups in total. The average Bonchev–Trinajstić information content (AvgIpc) is 3.23. The van der Waals surface area contributed by atoms with Crippen molar-refractivity contribution in [3.8, 4) is 0 Å². The minimum absolute atomic E-state index is 0.0358. The third-order valence-corrected chi connectivity index (χ3v) is 4.99. The van der Waals surface area contributed by atoms with Gasteiger partial charge in [-0.05, 0) is 38.5 Å². The molecule has 0 aromatic heterocycles. The van der Waals surface area contributed by atoms with Crippen LogP contribution in [-0.2, 0) is 9.53 Å². The van der Waals surface area contributed by atoms with Crippen LogP contribution in [0.2, 0.25) is 0 Å². The van der Waals surface area contributed by atoms with E-state index in [9.17, 15) is 9.59 Å². The third-order valence-electron chi connectivity index (χ3n) is 4.99. The molecule has 22 heavy (non-hydrogen) atoms. The maximum Gasteiger partial charge on any atom is 0.317 e. The first kappa shape index (κ1) is 15.6. The molecule has 2 heterocycles. The summed E-state index contributed by atoms with van der Waals surface area (Å²) < 4.78 is 5.33. The number of nitrogens with one attached hydrogen (secondary N) is 1. The number of amides is 3. The van der Waals surface area contributed by atoms with Crippen molar-refractivity contribution in [2.75, 3.05) is 26.3 Å². The summed E-state index contributed by atoms with van der Waals surface area (Å²) in [6.45, 7) is 4.60. The van der Waals surface area contributed by atoms with E-state index in [4.69, 9.17) is 4.74 Å². The quantitative estimate of drug-likeness (QED) is 0.853.